The Bertz CT molecular complexity index is 128. The molecule has 0 aromatic carbocycles. The van der Waals surface area contributed by atoms with Crippen molar-refractivity contribution in [1.29, 1.82) is 0 Å². The molecule has 13 heavy (non-hydrogen) atoms. The summed E-state index contributed by atoms with van der Waals surface area (Å²) >= 11 is 0. The predicted molar refractivity (Wildman–Crippen MR) is 57.7 cm³/mol. The molecular formula is C11H24N2. The molecule has 2 unspecified atom stereocenters. The SMILES string of the molecule is CC(CN)C(C)N1CCCCCC1. The maximum absolute atomic E-state index is 5.69. The highest BCUT2D eigenvalue weighted by atomic mass is 15.2. The Morgan fingerprint density at radius 1 is 1.08 bits per heavy atom. The van der Waals surface area contributed by atoms with E-state index in [0.717, 1.165) is 6.54 Å². The monoisotopic (exact) mass is 184 g/mol. The second-order valence-electron chi connectivity index (χ2n) is 4.40. The average Bonchev–Trinajstić information content (AvgIpc) is 2.43. The van der Waals surface area contributed by atoms with Crippen molar-refractivity contribution in [3.8, 4) is 0 Å². The van der Waals surface area contributed by atoms with Gasteiger partial charge < -0.3 is 10.6 Å². The number of nitrogens with two attached hydrogens (primary N) is 1. The van der Waals surface area contributed by atoms with Crippen molar-refractivity contribution >= 4 is 0 Å². The lowest BCUT2D eigenvalue weighted by atomic mass is 10.0. The molecule has 0 spiro atoms. The summed E-state index contributed by atoms with van der Waals surface area (Å²) in [6, 6.07) is 0.670. The fourth-order valence-electron chi connectivity index (χ4n) is 2.06. The van der Waals surface area contributed by atoms with E-state index in [0.29, 0.717) is 12.0 Å². The van der Waals surface area contributed by atoms with Crippen LogP contribution in [0.25, 0.3) is 0 Å². The summed E-state index contributed by atoms with van der Waals surface area (Å²) in [5.74, 6) is 0.637. The van der Waals surface area contributed by atoms with Crippen molar-refractivity contribution < 1.29 is 0 Å². The van der Waals surface area contributed by atoms with Gasteiger partial charge in [-0.2, -0.15) is 0 Å². The van der Waals surface area contributed by atoms with E-state index in [4.69, 9.17) is 5.73 Å². The van der Waals surface area contributed by atoms with Gasteiger partial charge in [0.05, 0.1) is 0 Å². The highest BCUT2D eigenvalue weighted by Gasteiger charge is 2.19. The van der Waals surface area contributed by atoms with Crippen molar-refractivity contribution in [1.82, 2.24) is 4.90 Å². The lowest BCUT2D eigenvalue weighted by Crippen LogP contribution is -2.40. The third kappa shape index (κ3) is 3.28. The van der Waals surface area contributed by atoms with Crippen molar-refractivity contribution in [3.05, 3.63) is 0 Å². The molecule has 0 radical (unpaired) electrons. The summed E-state index contributed by atoms with van der Waals surface area (Å²) in [4.78, 5) is 2.62. The van der Waals surface area contributed by atoms with Gasteiger partial charge >= 0.3 is 0 Å². The normalized spacial score (nSPS) is 25.2. The Balaban J connectivity index is 2.38. The fraction of sp³-hybridized carbons (Fsp3) is 1.00. The molecule has 2 N–H and O–H groups in total. The van der Waals surface area contributed by atoms with Gasteiger partial charge in [-0.25, -0.2) is 0 Å². The molecule has 0 aromatic heterocycles. The number of hydrogen-bond donors (Lipinski definition) is 1. The van der Waals surface area contributed by atoms with E-state index in [-0.39, 0.29) is 0 Å². The minimum Gasteiger partial charge on any atom is -0.330 e. The first-order valence-corrected chi connectivity index (χ1v) is 5.70. The second-order valence-corrected chi connectivity index (χ2v) is 4.40. The first-order valence-electron chi connectivity index (χ1n) is 5.70. The topological polar surface area (TPSA) is 29.3 Å². The van der Waals surface area contributed by atoms with E-state index < -0.39 is 0 Å². The zero-order chi connectivity index (χ0) is 9.68. The molecule has 0 aliphatic carbocycles. The van der Waals surface area contributed by atoms with Gasteiger partial charge in [0.2, 0.25) is 0 Å². The van der Waals surface area contributed by atoms with E-state index in [1.807, 2.05) is 0 Å². The van der Waals surface area contributed by atoms with Gasteiger partial charge in [0.1, 0.15) is 0 Å². The van der Waals surface area contributed by atoms with Crippen molar-refractivity contribution in [2.45, 2.75) is 45.6 Å². The van der Waals surface area contributed by atoms with Gasteiger partial charge in [0, 0.05) is 6.04 Å². The first-order chi connectivity index (χ1) is 6.25. The first kappa shape index (κ1) is 11.0. The summed E-state index contributed by atoms with van der Waals surface area (Å²) in [5, 5.41) is 0. The van der Waals surface area contributed by atoms with Gasteiger partial charge in [-0.15, -0.1) is 0 Å². The van der Waals surface area contributed by atoms with E-state index in [9.17, 15) is 0 Å². The predicted octanol–water partition coefficient (Wildman–Crippen LogP) is 1.85. The Morgan fingerprint density at radius 3 is 2.08 bits per heavy atom. The van der Waals surface area contributed by atoms with E-state index in [1.165, 1.54) is 38.8 Å². The van der Waals surface area contributed by atoms with Crippen molar-refractivity contribution in [2.24, 2.45) is 11.7 Å². The van der Waals surface area contributed by atoms with Crippen molar-refractivity contribution in [3.63, 3.8) is 0 Å². The maximum atomic E-state index is 5.69. The van der Waals surface area contributed by atoms with E-state index in [1.54, 1.807) is 0 Å². The number of likely N-dealkylation sites (tertiary alicyclic amines) is 1. The van der Waals surface area contributed by atoms with Crippen LogP contribution in [0.4, 0.5) is 0 Å². The molecule has 78 valence electrons. The van der Waals surface area contributed by atoms with Crippen LogP contribution in [0.15, 0.2) is 0 Å². The molecule has 0 aromatic rings. The van der Waals surface area contributed by atoms with Gasteiger partial charge in [0.15, 0.2) is 0 Å². The van der Waals surface area contributed by atoms with Crippen LogP contribution in [0.5, 0.6) is 0 Å². The molecule has 0 amide bonds. The minimum absolute atomic E-state index is 0.637. The molecule has 2 nitrogen and oxygen atoms in total. The second kappa shape index (κ2) is 5.61. The van der Waals surface area contributed by atoms with Crippen molar-refractivity contribution in [2.75, 3.05) is 19.6 Å². The zero-order valence-electron chi connectivity index (χ0n) is 9.13. The molecule has 2 heteroatoms. The highest BCUT2D eigenvalue weighted by molar-refractivity contribution is 4.75. The van der Waals surface area contributed by atoms with Crippen LogP contribution in [0.3, 0.4) is 0 Å². The van der Waals surface area contributed by atoms with E-state index in [2.05, 4.69) is 18.7 Å². The maximum Gasteiger partial charge on any atom is 0.0105 e. The molecule has 2 atom stereocenters. The van der Waals surface area contributed by atoms with E-state index >= 15 is 0 Å². The summed E-state index contributed by atoms with van der Waals surface area (Å²) < 4.78 is 0. The van der Waals surface area contributed by atoms with Gasteiger partial charge in [0.25, 0.3) is 0 Å². The molecular weight excluding hydrogens is 160 g/mol. The van der Waals surface area contributed by atoms with Crippen LogP contribution in [-0.2, 0) is 0 Å². The molecule has 1 aliphatic rings. The molecule has 1 aliphatic heterocycles. The standard InChI is InChI=1S/C11H24N2/c1-10(9-12)11(2)13-7-5-3-4-6-8-13/h10-11H,3-9,12H2,1-2H3. The third-order valence-electron chi connectivity index (χ3n) is 3.41. The van der Waals surface area contributed by atoms with Gasteiger partial charge in [-0.1, -0.05) is 19.8 Å². The third-order valence-corrected chi connectivity index (χ3v) is 3.41. The molecule has 1 fully saturated rings. The number of hydrogen-bond acceptors (Lipinski definition) is 2. The quantitative estimate of drug-likeness (QED) is 0.725. The summed E-state index contributed by atoms with van der Waals surface area (Å²) in [6.07, 6.45) is 5.59. The van der Waals surface area contributed by atoms with Crippen LogP contribution in [0.1, 0.15) is 39.5 Å². The molecule has 1 heterocycles. The molecule has 1 saturated heterocycles. The van der Waals surface area contributed by atoms with Crippen LogP contribution in [0, 0.1) is 5.92 Å². The minimum atomic E-state index is 0.637. The fourth-order valence-corrected chi connectivity index (χ4v) is 2.06. The Labute approximate surface area is 82.5 Å². The Morgan fingerprint density at radius 2 is 1.62 bits per heavy atom. The Kier molecular flexibility index (Phi) is 4.74. The lowest BCUT2D eigenvalue weighted by molar-refractivity contribution is 0.170. The Hall–Kier alpha value is -0.0800. The molecule has 1 rings (SSSR count). The summed E-state index contributed by atoms with van der Waals surface area (Å²) in [7, 11) is 0. The summed E-state index contributed by atoms with van der Waals surface area (Å²) in [6.45, 7) is 7.97. The summed E-state index contributed by atoms with van der Waals surface area (Å²) in [5.41, 5.74) is 5.69. The van der Waals surface area contributed by atoms with Crippen LogP contribution < -0.4 is 5.73 Å². The average molecular weight is 184 g/mol. The van der Waals surface area contributed by atoms with Crippen LogP contribution in [-0.4, -0.2) is 30.6 Å². The number of rotatable bonds is 3. The van der Waals surface area contributed by atoms with Crippen LogP contribution in [0.2, 0.25) is 0 Å². The smallest absolute Gasteiger partial charge is 0.0105 e. The molecule has 0 bridgehead atoms. The van der Waals surface area contributed by atoms with Gasteiger partial charge in [-0.3, -0.25) is 0 Å². The largest absolute Gasteiger partial charge is 0.330 e. The van der Waals surface area contributed by atoms with Gasteiger partial charge in [-0.05, 0) is 45.3 Å². The lowest BCUT2D eigenvalue weighted by Gasteiger charge is -2.31. The molecule has 0 saturated carbocycles. The zero-order valence-corrected chi connectivity index (χ0v) is 9.13. The van der Waals surface area contributed by atoms with Crippen LogP contribution >= 0.6 is 0 Å². The number of nitrogens with zero attached hydrogens (tertiary/aromatic N) is 1. The highest BCUT2D eigenvalue weighted by Crippen LogP contribution is 2.16.